The Morgan fingerprint density at radius 1 is 1.10 bits per heavy atom. The van der Waals surface area contributed by atoms with Crippen LogP contribution in [0.4, 0.5) is 5.69 Å². The summed E-state index contributed by atoms with van der Waals surface area (Å²) in [4.78, 5) is 40.5. The molecule has 4 aromatic rings. The van der Waals surface area contributed by atoms with Crippen LogP contribution in [-0.2, 0) is 0 Å². The number of carbonyl (C=O) groups excluding carboxylic acids is 1. The number of hydrogen-bond acceptors (Lipinski definition) is 6. The van der Waals surface area contributed by atoms with Crippen molar-refractivity contribution in [2.45, 2.75) is 10.1 Å². The molecule has 0 aliphatic heterocycles. The molecular formula is C21H13ClN4O4S. The third-order valence-corrected chi connectivity index (χ3v) is 5.82. The lowest BCUT2D eigenvalue weighted by Crippen LogP contribution is -2.22. The van der Waals surface area contributed by atoms with E-state index in [0.29, 0.717) is 21.6 Å². The molecule has 4 rings (SSSR count). The minimum absolute atomic E-state index is 0.00557. The largest absolute Gasteiger partial charge is 0.366 e. The fourth-order valence-electron chi connectivity index (χ4n) is 3.02. The zero-order chi connectivity index (χ0) is 22.1. The number of primary amides is 1. The fourth-order valence-corrected chi connectivity index (χ4v) is 4.23. The number of nitro groups is 1. The van der Waals surface area contributed by atoms with Crippen LogP contribution in [0.3, 0.4) is 0 Å². The van der Waals surface area contributed by atoms with Crippen molar-refractivity contribution in [1.82, 2.24) is 9.55 Å². The van der Waals surface area contributed by atoms with Crippen LogP contribution in [0.15, 0.2) is 81.6 Å². The molecule has 0 aliphatic carbocycles. The van der Waals surface area contributed by atoms with Gasteiger partial charge in [0.05, 0.1) is 31.4 Å². The van der Waals surface area contributed by atoms with E-state index < -0.39 is 10.8 Å². The van der Waals surface area contributed by atoms with Crippen LogP contribution in [0.1, 0.15) is 10.4 Å². The Kier molecular flexibility index (Phi) is 5.45. The molecule has 0 spiro atoms. The Morgan fingerprint density at radius 2 is 1.81 bits per heavy atom. The number of nitrogens with zero attached hydrogens (tertiary/aromatic N) is 3. The molecule has 0 fully saturated rings. The normalized spacial score (nSPS) is 10.9. The first-order chi connectivity index (χ1) is 14.9. The molecule has 1 aromatic heterocycles. The maximum Gasteiger partial charge on any atom is 0.284 e. The number of benzene rings is 3. The number of nitro benzene ring substituents is 1. The third kappa shape index (κ3) is 3.88. The summed E-state index contributed by atoms with van der Waals surface area (Å²) >= 11 is 7.26. The number of halogens is 1. The second-order valence-corrected chi connectivity index (χ2v) is 7.83. The van der Waals surface area contributed by atoms with Crippen LogP contribution in [0, 0.1) is 10.1 Å². The van der Waals surface area contributed by atoms with Gasteiger partial charge in [0.25, 0.3) is 11.2 Å². The lowest BCUT2D eigenvalue weighted by Gasteiger charge is -2.14. The van der Waals surface area contributed by atoms with Gasteiger partial charge in [-0.05, 0) is 48.2 Å². The maximum absolute atomic E-state index is 13.3. The first-order valence-corrected chi connectivity index (χ1v) is 10.1. The zero-order valence-corrected chi connectivity index (χ0v) is 17.3. The molecule has 31 heavy (non-hydrogen) atoms. The van der Waals surface area contributed by atoms with Gasteiger partial charge in [0.1, 0.15) is 0 Å². The molecular weight excluding hydrogens is 440 g/mol. The summed E-state index contributed by atoms with van der Waals surface area (Å²) in [6, 6.07) is 17.4. The van der Waals surface area contributed by atoms with Crippen molar-refractivity contribution in [3.05, 3.63) is 97.8 Å². The molecule has 0 saturated carbocycles. The highest BCUT2D eigenvalue weighted by Crippen LogP contribution is 2.36. The molecule has 0 aliphatic rings. The summed E-state index contributed by atoms with van der Waals surface area (Å²) in [6.45, 7) is 0. The zero-order valence-electron chi connectivity index (χ0n) is 15.7. The second kappa shape index (κ2) is 8.21. The van der Waals surface area contributed by atoms with E-state index in [9.17, 15) is 19.7 Å². The highest BCUT2D eigenvalue weighted by Gasteiger charge is 2.22. The van der Waals surface area contributed by atoms with Crippen molar-refractivity contribution in [2.75, 3.05) is 0 Å². The highest BCUT2D eigenvalue weighted by molar-refractivity contribution is 7.99. The Morgan fingerprint density at radius 3 is 2.52 bits per heavy atom. The van der Waals surface area contributed by atoms with Crippen LogP contribution in [0.2, 0.25) is 5.02 Å². The van der Waals surface area contributed by atoms with Gasteiger partial charge in [-0.25, -0.2) is 4.98 Å². The highest BCUT2D eigenvalue weighted by atomic mass is 35.5. The monoisotopic (exact) mass is 452 g/mol. The van der Waals surface area contributed by atoms with Gasteiger partial charge >= 0.3 is 0 Å². The molecule has 2 N–H and O–H groups in total. The summed E-state index contributed by atoms with van der Waals surface area (Å²) in [7, 11) is 0. The molecule has 0 bridgehead atoms. The van der Waals surface area contributed by atoms with Crippen LogP contribution in [-0.4, -0.2) is 20.4 Å². The summed E-state index contributed by atoms with van der Waals surface area (Å²) in [5.41, 5.74) is 5.40. The first-order valence-electron chi connectivity index (χ1n) is 8.89. The average molecular weight is 453 g/mol. The third-order valence-electron chi connectivity index (χ3n) is 4.48. The molecule has 10 heteroatoms. The summed E-state index contributed by atoms with van der Waals surface area (Å²) in [6.07, 6.45) is 0. The van der Waals surface area contributed by atoms with E-state index >= 15 is 0 Å². The van der Waals surface area contributed by atoms with E-state index in [-0.39, 0.29) is 26.9 Å². The summed E-state index contributed by atoms with van der Waals surface area (Å²) < 4.78 is 1.32. The lowest BCUT2D eigenvalue weighted by molar-refractivity contribution is -0.387. The van der Waals surface area contributed by atoms with Crippen molar-refractivity contribution >= 4 is 45.9 Å². The number of carbonyl (C=O) groups is 1. The number of hydrogen-bond donors (Lipinski definition) is 1. The maximum atomic E-state index is 13.3. The summed E-state index contributed by atoms with van der Waals surface area (Å²) in [5.74, 6) is -0.781. The van der Waals surface area contributed by atoms with Gasteiger partial charge in [0.15, 0.2) is 5.16 Å². The predicted molar refractivity (Wildman–Crippen MR) is 118 cm³/mol. The van der Waals surface area contributed by atoms with Crippen molar-refractivity contribution in [2.24, 2.45) is 5.73 Å². The minimum atomic E-state index is -0.781. The van der Waals surface area contributed by atoms with Gasteiger partial charge in [-0.3, -0.25) is 24.3 Å². The Balaban J connectivity index is 1.97. The SMILES string of the molecule is NC(=O)c1ccc(Sc2nc3ccccc3c(=O)n2-c2ccccc2Cl)c([N+](=O)[O-])c1. The first kappa shape index (κ1) is 20.6. The quantitative estimate of drug-likeness (QED) is 0.275. The van der Waals surface area contributed by atoms with Gasteiger partial charge < -0.3 is 5.73 Å². The van der Waals surface area contributed by atoms with E-state index in [1.807, 2.05) is 0 Å². The molecule has 0 saturated heterocycles. The van der Waals surface area contributed by atoms with Crippen molar-refractivity contribution < 1.29 is 9.72 Å². The van der Waals surface area contributed by atoms with Crippen LogP contribution in [0.25, 0.3) is 16.6 Å². The number of amides is 1. The molecule has 0 atom stereocenters. The van der Waals surface area contributed by atoms with Gasteiger partial charge in [0.2, 0.25) is 5.91 Å². The molecule has 3 aromatic carbocycles. The fraction of sp³-hybridized carbons (Fsp3) is 0. The molecule has 1 heterocycles. The van der Waals surface area contributed by atoms with E-state index in [2.05, 4.69) is 4.98 Å². The van der Waals surface area contributed by atoms with Crippen LogP contribution >= 0.6 is 23.4 Å². The molecule has 1 amide bonds. The molecule has 154 valence electrons. The Bertz CT molecular complexity index is 1420. The molecule has 0 unspecified atom stereocenters. The van der Waals surface area contributed by atoms with E-state index in [1.54, 1.807) is 48.5 Å². The van der Waals surface area contributed by atoms with Gasteiger partial charge in [-0.1, -0.05) is 35.9 Å². The standard InChI is InChI=1S/C21H13ClN4O4S/c22-14-6-2-4-8-16(14)25-20(28)13-5-1-3-7-15(13)24-21(25)31-18-10-9-12(19(23)27)11-17(18)26(29)30/h1-11H,(H2,23,27). The van der Waals surface area contributed by atoms with Gasteiger partial charge in [0, 0.05) is 11.6 Å². The topological polar surface area (TPSA) is 121 Å². The van der Waals surface area contributed by atoms with Crippen molar-refractivity contribution in [1.29, 1.82) is 0 Å². The van der Waals surface area contributed by atoms with Gasteiger partial charge in [-0.15, -0.1) is 0 Å². The number of nitrogens with two attached hydrogens (primary N) is 1. The van der Waals surface area contributed by atoms with Crippen LogP contribution < -0.4 is 11.3 Å². The van der Waals surface area contributed by atoms with E-state index in [4.69, 9.17) is 17.3 Å². The number of aromatic nitrogens is 2. The second-order valence-electron chi connectivity index (χ2n) is 6.41. The van der Waals surface area contributed by atoms with E-state index in [1.165, 1.54) is 16.7 Å². The molecule has 8 nitrogen and oxygen atoms in total. The minimum Gasteiger partial charge on any atom is -0.366 e. The Labute approximate surface area is 184 Å². The predicted octanol–water partition coefficient (Wildman–Crippen LogP) is 4.20. The van der Waals surface area contributed by atoms with E-state index in [0.717, 1.165) is 17.8 Å². The Hall–Kier alpha value is -3.69. The number of rotatable bonds is 5. The van der Waals surface area contributed by atoms with Gasteiger partial charge in [-0.2, -0.15) is 0 Å². The lowest BCUT2D eigenvalue weighted by atomic mass is 10.2. The summed E-state index contributed by atoms with van der Waals surface area (Å²) in [5, 5.41) is 12.5. The number of fused-ring (bicyclic) bond motifs is 1. The smallest absolute Gasteiger partial charge is 0.284 e. The molecule has 0 radical (unpaired) electrons. The van der Waals surface area contributed by atoms with Crippen LogP contribution in [0.5, 0.6) is 0 Å². The van der Waals surface area contributed by atoms with Crippen molar-refractivity contribution in [3.8, 4) is 5.69 Å². The average Bonchev–Trinajstić information content (AvgIpc) is 2.75. The van der Waals surface area contributed by atoms with Crippen molar-refractivity contribution in [3.63, 3.8) is 0 Å². The number of para-hydroxylation sites is 2.